The maximum atomic E-state index is 10.3. The lowest BCUT2D eigenvalue weighted by atomic mass is 10.8. The number of hydroxylamine groups is 1. The van der Waals surface area contributed by atoms with Gasteiger partial charge in [-0.2, -0.15) is 18.1 Å². The van der Waals surface area contributed by atoms with E-state index in [-0.39, 0.29) is 5.75 Å². The van der Waals surface area contributed by atoms with Gasteiger partial charge in [-0.3, -0.25) is 4.79 Å². The SMILES string of the molecule is CNC(=O)ONC(=O)CS. The largest absolute Gasteiger partial charge is 0.431 e. The van der Waals surface area contributed by atoms with Crippen LogP contribution in [0, 0.1) is 0 Å². The second kappa shape index (κ2) is 4.92. The number of rotatable bonds is 1. The van der Waals surface area contributed by atoms with Gasteiger partial charge in [0.25, 0.3) is 5.91 Å². The first-order valence-corrected chi connectivity index (χ1v) is 3.12. The molecule has 0 spiro atoms. The van der Waals surface area contributed by atoms with E-state index in [0.29, 0.717) is 0 Å². The van der Waals surface area contributed by atoms with Crippen LogP contribution in [-0.2, 0) is 9.63 Å². The highest BCUT2D eigenvalue weighted by atomic mass is 32.1. The van der Waals surface area contributed by atoms with Crippen molar-refractivity contribution in [3.8, 4) is 0 Å². The normalized spacial score (nSPS) is 8.20. The molecule has 0 aromatic carbocycles. The Labute approximate surface area is 63.5 Å². The lowest BCUT2D eigenvalue weighted by Gasteiger charge is -2.01. The molecular weight excluding hydrogens is 156 g/mol. The van der Waals surface area contributed by atoms with Crippen LogP contribution < -0.4 is 10.8 Å². The molecule has 0 aliphatic carbocycles. The van der Waals surface area contributed by atoms with Gasteiger partial charge in [0.2, 0.25) is 0 Å². The Hall–Kier alpha value is -0.910. The van der Waals surface area contributed by atoms with E-state index in [4.69, 9.17) is 0 Å². The summed E-state index contributed by atoms with van der Waals surface area (Å²) in [5.74, 6) is -0.483. The minimum absolute atomic E-state index is 0.0169. The maximum absolute atomic E-state index is 10.3. The molecular formula is C4H8N2O3S. The standard InChI is InChI=1S/C4H8N2O3S/c1-5-4(8)9-6-3(7)2-10/h10H,2H2,1H3,(H,5,8)(H,6,7). The monoisotopic (exact) mass is 164 g/mol. The predicted molar refractivity (Wildman–Crippen MR) is 37.5 cm³/mol. The lowest BCUT2D eigenvalue weighted by molar-refractivity contribution is -0.126. The Kier molecular flexibility index (Phi) is 4.47. The molecule has 2 amide bonds. The van der Waals surface area contributed by atoms with Crippen molar-refractivity contribution >= 4 is 24.6 Å². The van der Waals surface area contributed by atoms with Crippen molar-refractivity contribution in [1.29, 1.82) is 0 Å². The molecule has 0 saturated carbocycles. The minimum Gasteiger partial charge on any atom is -0.323 e. The number of thiol groups is 1. The molecule has 0 unspecified atom stereocenters. The van der Waals surface area contributed by atoms with E-state index in [9.17, 15) is 9.59 Å². The van der Waals surface area contributed by atoms with E-state index in [1.54, 1.807) is 0 Å². The van der Waals surface area contributed by atoms with Crippen LogP contribution in [0.5, 0.6) is 0 Å². The van der Waals surface area contributed by atoms with E-state index < -0.39 is 12.0 Å². The van der Waals surface area contributed by atoms with Crippen LogP contribution >= 0.6 is 12.6 Å². The average Bonchev–Trinajstić information content (AvgIpc) is 1.99. The van der Waals surface area contributed by atoms with Crippen molar-refractivity contribution in [2.24, 2.45) is 0 Å². The Morgan fingerprint density at radius 2 is 2.20 bits per heavy atom. The summed E-state index contributed by atoms with van der Waals surface area (Å²) in [6, 6.07) is 0. The van der Waals surface area contributed by atoms with Crippen LogP contribution in [0.2, 0.25) is 0 Å². The van der Waals surface area contributed by atoms with Gasteiger partial charge in [0, 0.05) is 7.05 Å². The number of amides is 2. The molecule has 58 valence electrons. The first kappa shape index (κ1) is 9.09. The number of carbonyl (C=O) groups excluding carboxylic acids is 2. The van der Waals surface area contributed by atoms with Gasteiger partial charge in [0.05, 0.1) is 5.75 Å². The molecule has 0 bridgehead atoms. The van der Waals surface area contributed by atoms with Crippen LogP contribution in [0.4, 0.5) is 4.79 Å². The van der Waals surface area contributed by atoms with Gasteiger partial charge in [-0.25, -0.2) is 4.79 Å². The van der Waals surface area contributed by atoms with Crippen molar-refractivity contribution in [2.75, 3.05) is 12.8 Å². The van der Waals surface area contributed by atoms with Crippen molar-refractivity contribution in [3.63, 3.8) is 0 Å². The number of hydrogen-bond donors (Lipinski definition) is 3. The molecule has 0 rings (SSSR count). The minimum atomic E-state index is -0.713. The predicted octanol–water partition coefficient (Wildman–Crippen LogP) is -0.697. The zero-order valence-corrected chi connectivity index (χ0v) is 6.27. The smallest absolute Gasteiger partial charge is 0.323 e. The first-order valence-electron chi connectivity index (χ1n) is 2.49. The summed E-state index contributed by atoms with van der Waals surface area (Å²) in [4.78, 5) is 24.7. The van der Waals surface area contributed by atoms with Gasteiger partial charge in [-0.05, 0) is 0 Å². The zero-order valence-electron chi connectivity index (χ0n) is 5.38. The summed E-state index contributed by atoms with van der Waals surface area (Å²) >= 11 is 3.62. The summed E-state index contributed by atoms with van der Waals surface area (Å²) in [5.41, 5.74) is 1.86. The summed E-state index contributed by atoms with van der Waals surface area (Å²) in [7, 11) is 1.38. The van der Waals surface area contributed by atoms with E-state index in [1.807, 2.05) is 5.48 Å². The molecule has 0 saturated heterocycles. The van der Waals surface area contributed by atoms with E-state index >= 15 is 0 Å². The molecule has 0 heterocycles. The van der Waals surface area contributed by atoms with Gasteiger partial charge in [0.1, 0.15) is 0 Å². The molecule has 2 N–H and O–H groups in total. The van der Waals surface area contributed by atoms with Gasteiger partial charge in [-0.1, -0.05) is 0 Å². The Morgan fingerprint density at radius 3 is 2.60 bits per heavy atom. The molecule has 0 fully saturated rings. The zero-order chi connectivity index (χ0) is 7.98. The van der Waals surface area contributed by atoms with Gasteiger partial charge >= 0.3 is 6.09 Å². The molecule has 5 nitrogen and oxygen atoms in total. The topological polar surface area (TPSA) is 67.4 Å². The molecule has 0 radical (unpaired) electrons. The average molecular weight is 164 g/mol. The number of hydrogen-bond acceptors (Lipinski definition) is 4. The highest BCUT2D eigenvalue weighted by Crippen LogP contribution is 1.74. The van der Waals surface area contributed by atoms with E-state index in [2.05, 4.69) is 22.8 Å². The fraction of sp³-hybridized carbons (Fsp3) is 0.500. The summed E-state index contributed by atoms with van der Waals surface area (Å²) in [6.07, 6.45) is -0.713. The fourth-order valence-electron chi connectivity index (χ4n) is 0.187. The van der Waals surface area contributed by atoms with Crippen LogP contribution in [0.1, 0.15) is 0 Å². The summed E-state index contributed by atoms with van der Waals surface area (Å²) in [5, 5.41) is 2.14. The van der Waals surface area contributed by atoms with Crippen LogP contribution in [0.15, 0.2) is 0 Å². The third-order valence-electron chi connectivity index (χ3n) is 0.605. The van der Waals surface area contributed by atoms with Crippen molar-refractivity contribution in [1.82, 2.24) is 10.8 Å². The molecule has 0 aliphatic heterocycles. The Morgan fingerprint density at radius 1 is 1.60 bits per heavy atom. The van der Waals surface area contributed by atoms with Crippen LogP contribution in [0.25, 0.3) is 0 Å². The van der Waals surface area contributed by atoms with Crippen LogP contribution in [0.3, 0.4) is 0 Å². The van der Waals surface area contributed by atoms with E-state index in [0.717, 1.165) is 0 Å². The maximum Gasteiger partial charge on any atom is 0.431 e. The molecule has 6 heteroatoms. The Balaban J connectivity index is 3.35. The number of nitrogens with one attached hydrogen (secondary N) is 2. The van der Waals surface area contributed by atoms with Crippen molar-refractivity contribution < 1.29 is 14.4 Å². The van der Waals surface area contributed by atoms with Gasteiger partial charge in [-0.15, -0.1) is 0 Å². The molecule has 0 aliphatic rings. The highest BCUT2D eigenvalue weighted by molar-refractivity contribution is 7.81. The van der Waals surface area contributed by atoms with Crippen molar-refractivity contribution in [3.05, 3.63) is 0 Å². The second-order valence-corrected chi connectivity index (χ2v) is 1.64. The molecule has 10 heavy (non-hydrogen) atoms. The van der Waals surface area contributed by atoms with E-state index in [1.165, 1.54) is 7.05 Å². The molecule has 0 atom stereocenters. The number of carbonyl (C=O) groups is 2. The van der Waals surface area contributed by atoms with Gasteiger partial charge < -0.3 is 10.2 Å². The molecule has 0 aromatic heterocycles. The third kappa shape index (κ3) is 4.02. The highest BCUT2D eigenvalue weighted by Gasteiger charge is 2.00. The van der Waals surface area contributed by atoms with Crippen LogP contribution in [-0.4, -0.2) is 24.8 Å². The summed E-state index contributed by atoms with van der Waals surface area (Å²) < 4.78 is 0. The van der Waals surface area contributed by atoms with Gasteiger partial charge in [0.15, 0.2) is 0 Å². The fourth-order valence-corrected chi connectivity index (χ4v) is 0.251. The quantitative estimate of drug-likeness (QED) is 0.355. The Bertz CT molecular complexity index is 122. The van der Waals surface area contributed by atoms with Crippen molar-refractivity contribution in [2.45, 2.75) is 0 Å². The molecule has 0 aromatic rings. The third-order valence-corrected chi connectivity index (χ3v) is 0.893. The first-order chi connectivity index (χ1) is 4.70. The second-order valence-electron chi connectivity index (χ2n) is 1.32. The summed E-state index contributed by atoms with van der Waals surface area (Å²) in [6.45, 7) is 0. The lowest BCUT2D eigenvalue weighted by Crippen LogP contribution is -2.32.